The van der Waals surface area contributed by atoms with E-state index >= 15 is 0 Å². The number of nitrogens with one attached hydrogen (secondary N) is 1. The lowest BCUT2D eigenvalue weighted by Crippen LogP contribution is -2.52. The van der Waals surface area contributed by atoms with Gasteiger partial charge in [0.2, 0.25) is 5.91 Å². The standard InChI is InChI=1S/C19H24N2O2/c1-2-19(10-12-22)9-7-16(23)21-11-8-14-13-5-3-4-6-15(13)20-17(14)18(19)21/h3-6,18,20,22H,2,7-12H2,1H3/t18-,19+/m0/s1. The Morgan fingerprint density at radius 3 is 2.96 bits per heavy atom. The molecule has 1 aromatic carbocycles. The Bertz CT molecular complexity index is 751. The van der Waals surface area contributed by atoms with Crippen molar-refractivity contribution in [2.24, 2.45) is 5.41 Å². The lowest BCUT2D eigenvalue weighted by atomic mass is 9.66. The van der Waals surface area contributed by atoms with Crippen LogP contribution in [0.4, 0.5) is 0 Å². The number of carbonyl (C=O) groups is 1. The van der Waals surface area contributed by atoms with Gasteiger partial charge in [-0.2, -0.15) is 0 Å². The number of amides is 1. The highest BCUT2D eigenvalue weighted by molar-refractivity contribution is 5.86. The van der Waals surface area contributed by atoms with Crippen molar-refractivity contribution in [3.63, 3.8) is 0 Å². The number of aliphatic hydroxyl groups is 1. The number of rotatable bonds is 3. The van der Waals surface area contributed by atoms with Crippen LogP contribution in [0.2, 0.25) is 0 Å². The zero-order valence-electron chi connectivity index (χ0n) is 13.6. The molecule has 0 spiro atoms. The summed E-state index contributed by atoms with van der Waals surface area (Å²) in [5.74, 6) is 0.265. The first-order valence-corrected chi connectivity index (χ1v) is 8.70. The van der Waals surface area contributed by atoms with E-state index in [-0.39, 0.29) is 24.0 Å². The van der Waals surface area contributed by atoms with Crippen molar-refractivity contribution >= 4 is 16.8 Å². The van der Waals surface area contributed by atoms with Crippen LogP contribution in [0, 0.1) is 5.41 Å². The van der Waals surface area contributed by atoms with Gasteiger partial charge in [0.15, 0.2) is 0 Å². The monoisotopic (exact) mass is 312 g/mol. The van der Waals surface area contributed by atoms with Gasteiger partial charge in [-0.15, -0.1) is 0 Å². The molecule has 0 radical (unpaired) electrons. The molecule has 122 valence electrons. The highest BCUT2D eigenvalue weighted by Crippen LogP contribution is 2.53. The van der Waals surface area contributed by atoms with Gasteiger partial charge in [-0.25, -0.2) is 0 Å². The largest absolute Gasteiger partial charge is 0.396 e. The number of hydrogen-bond donors (Lipinski definition) is 2. The predicted octanol–water partition coefficient (Wildman–Crippen LogP) is 3.17. The van der Waals surface area contributed by atoms with E-state index in [0.29, 0.717) is 6.42 Å². The second-order valence-electron chi connectivity index (χ2n) is 6.99. The smallest absolute Gasteiger partial charge is 0.223 e. The molecule has 2 aromatic rings. The van der Waals surface area contributed by atoms with Crippen LogP contribution in [0.3, 0.4) is 0 Å². The van der Waals surface area contributed by atoms with Gasteiger partial charge in [-0.05, 0) is 42.7 Å². The third-order valence-corrected chi connectivity index (χ3v) is 6.09. The average molecular weight is 312 g/mol. The summed E-state index contributed by atoms with van der Waals surface area (Å²) in [7, 11) is 0. The highest BCUT2D eigenvalue weighted by Gasteiger charge is 2.49. The number of H-pyrrole nitrogens is 1. The minimum atomic E-state index is -0.0152. The number of aliphatic hydroxyl groups excluding tert-OH is 1. The van der Waals surface area contributed by atoms with E-state index in [0.717, 1.165) is 37.7 Å². The molecule has 0 bridgehead atoms. The molecule has 23 heavy (non-hydrogen) atoms. The third kappa shape index (κ3) is 2.04. The molecule has 0 unspecified atom stereocenters. The molecule has 1 amide bonds. The zero-order chi connectivity index (χ0) is 16.0. The van der Waals surface area contributed by atoms with Crippen molar-refractivity contribution in [3.05, 3.63) is 35.5 Å². The van der Waals surface area contributed by atoms with Gasteiger partial charge >= 0.3 is 0 Å². The second-order valence-corrected chi connectivity index (χ2v) is 6.99. The summed E-state index contributed by atoms with van der Waals surface area (Å²) in [5, 5.41) is 10.9. The molecule has 4 heteroatoms. The van der Waals surface area contributed by atoms with Crippen LogP contribution in [0.5, 0.6) is 0 Å². The molecular formula is C19H24N2O2. The predicted molar refractivity (Wildman–Crippen MR) is 90.1 cm³/mol. The van der Waals surface area contributed by atoms with E-state index in [1.165, 1.54) is 16.6 Å². The van der Waals surface area contributed by atoms with Crippen LogP contribution in [0.1, 0.15) is 49.9 Å². The summed E-state index contributed by atoms with van der Waals surface area (Å²) in [6.07, 6.45) is 4.14. The number of aromatic nitrogens is 1. The molecule has 1 fully saturated rings. The Labute approximate surface area is 136 Å². The molecule has 2 N–H and O–H groups in total. The molecule has 2 aliphatic rings. The first-order valence-electron chi connectivity index (χ1n) is 8.70. The van der Waals surface area contributed by atoms with Gasteiger partial charge in [0.05, 0.1) is 6.04 Å². The molecule has 0 aliphatic carbocycles. The Morgan fingerprint density at radius 2 is 2.17 bits per heavy atom. The molecule has 3 heterocycles. The van der Waals surface area contributed by atoms with E-state index < -0.39 is 0 Å². The molecule has 1 aromatic heterocycles. The van der Waals surface area contributed by atoms with Gasteiger partial charge in [0, 0.05) is 36.2 Å². The summed E-state index contributed by atoms with van der Waals surface area (Å²) < 4.78 is 0. The normalized spacial score (nSPS) is 27.1. The quantitative estimate of drug-likeness (QED) is 0.914. The van der Waals surface area contributed by atoms with Crippen molar-refractivity contribution in [3.8, 4) is 0 Å². The van der Waals surface area contributed by atoms with Crippen molar-refractivity contribution in [2.45, 2.75) is 45.1 Å². The number of benzene rings is 1. The summed E-state index contributed by atoms with van der Waals surface area (Å²) in [6, 6.07) is 8.49. The first kappa shape index (κ1) is 14.8. The van der Waals surface area contributed by atoms with Crippen LogP contribution in [-0.2, 0) is 11.2 Å². The average Bonchev–Trinajstić information content (AvgIpc) is 2.96. The first-order chi connectivity index (χ1) is 11.2. The highest BCUT2D eigenvalue weighted by atomic mass is 16.3. The van der Waals surface area contributed by atoms with E-state index in [9.17, 15) is 9.90 Å². The van der Waals surface area contributed by atoms with E-state index in [4.69, 9.17) is 0 Å². The minimum Gasteiger partial charge on any atom is -0.396 e. The molecule has 2 atom stereocenters. The lowest BCUT2D eigenvalue weighted by Gasteiger charge is -2.51. The van der Waals surface area contributed by atoms with Crippen molar-refractivity contribution < 1.29 is 9.90 Å². The SMILES string of the molecule is CC[C@]1(CCO)CCC(=O)N2CCc3c([nH]c4ccccc34)[C@H]21. The Balaban J connectivity index is 1.91. The molecule has 4 rings (SSSR count). The van der Waals surface area contributed by atoms with Crippen LogP contribution in [-0.4, -0.2) is 34.0 Å². The van der Waals surface area contributed by atoms with Crippen LogP contribution in [0.25, 0.3) is 10.9 Å². The Kier molecular flexibility index (Phi) is 3.45. The molecule has 1 saturated heterocycles. The molecule has 4 nitrogen and oxygen atoms in total. The molecule has 0 saturated carbocycles. The molecule has 2 aliphatic heterocycles. The van der Waals surface area contributed by atoms with E-state index in [1.54, 1.807) is 0 Å². The number of hydrogen-bond acceptors (Lipinski definition) is 2. The maximum absolute atomic E-state index is 12.5. The van der Waals surface area contributed by atoms with Crippen molar-refractivity contribution in [1.29, 1.82) is 0 Å². The fourth-order valence-corrected chi connectivity index (χ4v) is 4.81. The number of carbonyl (C=O) groups excluding carboxylic acids is 1. The van der Waals surface area contributed by atoms with Gasteiger partial charge in [-0.1, -0.05) is 25.1 Å². The fourth-order valence-electron chi connectivity index (χ4n) is 4.81. The van der Waals surface area contributed by atoms with Crippen LogP contribution < -0.4 is 0 Å². The van der Waals surface area contributed by atoms with Gasteiger partial charge in [0.1, 0.15) is 0 Å². The fraction of sp³-hybridized carbons (Fsp3) is 0.526. The van der Waals surface area contributed by atoms with Crippen LogP contribution in [0.15, 0.2) is 24.3 Å². The van der Waals surface area contributed by atoms with Gasteiger partial charge < -0.3 is 15.0 Å². The number of fused-ring (bicyclic) bond motifs is 5. The maximum Gasteiger partial charge on any atom is 0.223 e. The lowest BCUT2D eigenvalue weighted by molar-refractivity contribution is -0.146. The Hall–Kier alpha value is -1.81. The number of nitrogens with zero attached hydrogens (tertiary/aromatic N) is 1. The number of piperidine rings is 1. The topological polar surface area (TPSA) is 56.3 Å². The summed E-state index contributed by atoms with van der Waals surface area (Å²) in [5.41, 5.74) is 3.72. The summed E-state index contributed by atoms with van der Waals surface area (Å²) >= 11 is 0. The number of aromatic amines is 1. The zero-order valence-corrected chi connectivity index (χ0v) is 13.6. The van der Waals surface area contributed by atoms with Crippen molar-refractivity contribution in [1.82, 2.24) is 9.88 Å². The maximum atomic E-state index is 12.5. The van der Waals surface area contributed by atoms with Gasteiger partial charge in [0.25, 0.3) is 0 Å². The van der Waals surface area contributed by atoms with E-state index in [1.807, 2.05) is 0 Å². The van der Waals surface area contributed by atoms with Crippen molar-refractivity contribution in [2.75, 3.05) is 13.2 Å². The van der Waals surface area contributed by atoms with Crippen LogP contribution >= 0.6 is 0 Å². The third-order valence-electron chi connectivity index (χ3n) is 6.09. The minimum absolute atomic E-state index is 0.0152. The van der Waals surface area contributed by atoms with E-state index in [2.05, 4.69) is 41.1 Å². The summed E-state index contributed by atoms with van der Waals surface area (Å²) in [4.78, 5) is 18.2. The number of para-hydroxylation sites is 1. The Morgan fingerprint density at radius 1 is 1.35 bits per heavy atom. The summed E-state index contributed by atoms with van der Waals surface area (Å²) in [6.45, 7) is 3.17. The van der Waals surface area contributed by atoms with Gasteiger partial charge in [-0.3, -0.25) is 4.79 Å². The molecular weight excluding hydrogens is 288 g/mol. The second kappa shape index (κ2) is 5.38.